The SMILES string of the molecule is CCC(=O)SCCC(F)C(F)CC(F)(F)C(F)F. The summed E-state index contributed by atoms with van der Waals surface area (Å²) in [7, 11) is 0. The molecule has 0 aromatic heterocycles. The second kappa shape index (κ2) is 7.91. The van der Waals surface area contributed by atoms with Gasteiger partial charge in [-0.2, -0.15) is 0 Å². The van der Waals surface area contributed by atoms with Crippen molar-refractivity contribution in [2.75, 3.05) is 5.75 Å². The zero-order valence-electron chi connectivity index (χ0n) is 9.64. The molecular formula is C10H14F6OS. The molecule has 0 spiro atoms. The van der Waals surface area contributed by atoms with Gasteiger partial charge in [0.2, 0.25) is 0 Å². The molecule has 0 N–H and O–H groups in total. The van der Waals surface area contributed by atoms with Gasteiger partial charge in [0.1, 0.15) is 12.3 Å². The van der Waals surface area contributed by atoms with Gasteiger partial charge in [0.25, 0.3) is 0 Å². The Morgan fingerprint density at radius 1 is 1.17 bits per heavy atom. The quantitative estimate of drug-likeness (QED) is 0.629. The van der Waals surface area contributed by atoms with Crippen LogP contribution in [0.15, 0.2) is 0 Å². The fourth-order valence-electron chi connectivity index (χ4n) is 1.05. The maximum Gasteiger partial charge on any atom is 0.310 e. The van der Waals surface area contributed by atoms with Crippen molar-refractivity contribution in [1.29, 1.82) is 0 Å². The minimum atomic E-state index is -4.53. The zero-order chi connectivity index (χ0) is 14.3. The van der Waals surface area contributed by atoms with Crippen molar-refractivity contribution < 1.29 is 31.1 Å². The smallest absolute Gasteiger partial charge is 0.287 e. The molecule has 0 amide bonds. The van der Waals surface area contributed by atoms with Crippen LogP contribution in [0.1, 0.15) is 26.2 Å². The maximum absolute atomic E-state index is 13.1. The van der Waals surface area contributed by atoms with Gasteiger partial charge in [-0.1, -0.05) is 18.7 Å². The van der Waals surface area contributed by atoms with E-state index in [9.17, 15) is 31.1 Å². The van der Waals surface area contributed by atoms with Crippen molar-refractivity contribution in [3.05, 3.63) is 0 Å². The van der Waals surface area contributed by atoms with E-state index in [2.05, 4.69) is 0 Å². The molecule has 0 bridgehead atoms. The largest absolute Gasteiger partial charge is 0.310 e. The van der Waals surface area contributed by atoms with E-state index in [0.717, 1.165) is 11.8 Å². The third-order valence-electron chi connectivity index (χ3n) is 2.12. The van der Waals surface area contributed by atoms with E-state index >= 15 is 0 Å². The highest BCUT2D eigenvalue weighted by Gasteiger charge is 2.44. The Morgan fingerprint density at radius 3 is 2.17 bits per heavy atom. The molecule has 0 heterocycles. The summed E-state index contributed by atoms with van der Waals surface area (Å²) >= 11 is 0.765. The topological polar surface area (TPSA) is 17.1 Å². The molecule has 18 heavy (non-hydrogen) atoms. The Labute approximate surface area is 105 Å². The highest BCUT2D eigenvalue weighted by atomic mass is 32.2. The third kappa shape index (κ3) is 6.51. The molecule has 0 radical (unpaired) electrons. The molecule has 0 aliphatic rings. The van der Waals surface area contributed by atoms with Crippen LogP contribution in [0.3, 0.4) is 0 Å². The van der Waals surface area contributed by atoms with Crippen molar-refractivity contribution in [1.82, 2.24) is 0 Å². The number of alkyl halides is 6. The monoisotopic (exact) mass is 296 g/mol. The first-order valence-corrected chi connectivity index (χ1v) is 6.29. The van der Waals surface area contributed by atoms with E-state index in [-0.39, 0.29) is 17.3 Å². The molecule has 8 heteroatoms. The molecule has 2 atom stereocenters. The Balaban J connectivity index is 4.03. The summed E-state index contributed by atoms with van der Waals surface area (Å²) in [6, 6.07) is 0. The molecule has 0 saturated carbocycles. The first kappa shape index (κ1) is 17.6. The third-order valence-corrected chi connectivity index (χ3v) is 3.17. The van der Waals surface area contributed by atoms with Crippen LogP contribution in [-0.4, -0.2) is 35.6 Å². The number of carbonyl (C=O) groups excluding carboxylic acids is 1. The summed E-state index contributed by atoms with van der Waals surface area (Å²) in [6.45, 7) is 1.59. The number of carbonyl (C=O) groups is 1. The van der Waals surface area contributed by atoms with E-state index in [4.69, 9.17) is 0 Å². The zero-order valence-corrected chi connectivity index (χ0v) is 10.5. The fraction of sp³-hybridized carbons (Fsp3) is 0.900. The Morgan fingerprint density at radius 2 is 1.72 bits per heavy atom. The molecule has 0 aromatic rings. The summed E-state index contributed by atoms with van der Waals surface area (Å²) in [5.41, 5.74) is 0. The van der Waals surface area contributed by atoms with E-state index in [1.807, 2.05) is 0 Å². The molecular weight excluding hydrogens is 282 g/mol. The Kier molecular flexibility index (Phi) is 7.73. The van der Waals surface area contributed by atoms with Crippen LogP contribution in [0.25, 0.3) is 0 Å². The van der Waals surface area contributed by atoms with Gasteiger partial charge in [-0.05, 0) is 6.42 Å². The summed E-state index contributed by atoms with van der Waals surface area (Å²) in [4.78, 5) is 10.8. The van der Waals surface area contributed by atoms with Crippen molar-refractivity contribution in [3.63, 3.8) is 0 Å². The van der Waals surface area contributed by atoms with Crippen LogP contribution in [0, 0.1) is 0 Å². The second-order valence-corrected chi connectivity index (χ2v) is 4.81. The molecule has 2 unspecified atom stereocenters. The highest BCUT2D eigenvalue weighted by molar-refractivity contribution is 8.13. The number of thioether (sulfide) groups is 1. The van der Waals surface area contributed by atoms with Gasteiger partial charge in [-0.25, -0.2) is 26.3 Å². The molecule has 0 aromatic carbocycles. The summed E-state index contributed by atoms with van der Waals surface area (Å²) in [5.74, 6) is -4.59. The van der Waals surface area contributed by atoms with E-state index in [0.29, 0.717) is 0 Å². The van der Waals surface area contributed by atoms with Crippen LogP contribution in [-0.2, 0) is 4.79 Å². The van der Waals surface area contributed by atoms with Gasteiger partial charge in [0.05, 0.1) is 6.42 Å². The van der Waals surface area contributed by atoms with Crippen LogP contribution < -0.4 is 0 Å². The van der Waals surface area contributed by atoms with Crippen molar-refractivity contribution in [2.24, 2.45) is 0 Å². The van der Waals surface area contributed by atoms with Crippen LogP contribution in [0.5, 0.6) is 0 Å². The minimum absolute atomic E-state index is 0.0610. The van der Waals surface area contributed by atoms with Gasteiger partial charge < -0.3 is 0 Å². The molecule has 1 nitrogen and oxygen atoms in total. The summed E-state index contributed by atoms with van der Waals surface area (Å²) < 4.78 is 74.4. The molecule has 0 aliphatic heterocycles. The van der Waals surface area contributed by atoms with Gasteiger partial charge in [-0.15, -0.1) is 0 Å². The molecule has 0 aliphatic carbocycles. The summed E-state index contributed by atoms with van der Waals surface area (Å²) in [5, 5.41) is -0.226. The van der Waals surface area contributed by atoms with Crippen LogP contribution >= 0.6 is 11.8 Å². The Hall–Kier alpha value is -0.400. The van der Waals surface area contributed by atoms with Gasteiger partial charge in [-0.3, -0.25) is 4.79 Å². The number of halogens is 6. The van der Waals surface area contributed by atoms with E-state index < -0.39 is 37.5 Å². The number of rotatable bonds is 8. The lowest BCUT2D eigenvalue weighted by atomic mass is 10.1. The standard InChI is InChI=1S/C10H14F6OS/c1-2-8(17)18-4-3-6(11)7(12)5-10(15,16)9(13)14/h6-7,9H,2-5H2,1H3. The van der Waals surface area contributed by atoms with E-state index in [1.54, 1.807) is 6.92 Å². The fourth-order valence-corrected chi connectivity index (χ4v) is 1.82. The van der Waals surface area contributed by atoms with Gasteiger partial charge in [0.15, 0.2) is 5.12 Å². The average molecular weight is 296 g/mol. The lowest BCUT2D eigenvalue weighted by Gasteiger charge is -2.19. The first-order chi connectivity index (χ1) is 8.20. The molecule has 0 rings (SSSR count). The van der Waals surface area contributed by atoms with Crippen LogP contribution in [0.2, 0.25) is 0 Å². The first-order valence-electron chi connectivity index (χ1n) is 5.30. The Bertz CT molecular complexity index is 261. The van der Waals surface area contributed by atoms with Gasteiger partial charge in [0, 0.05) is 12.2 Å². The molecule has 108 valence electrons. The summed E-state index contributed by atoms with van der Waals surface area (Å²) in [6.07, 6.45) is -11.0. The van der Waals surface area contributed by atoms with Crippen LogP contribution in [0.4, 0.5) is 26.3 Å². The maximum atomic E-state index is 13.1. The number of hydrogen-bond acceptors (Lipinski definition) is 2. The van der Waals surface area contributed by atoms with Crippen molar-refractivity contribution in [3.8, 4) is 0 Å². The minimum Gasteiger partial charge on any atom is -0.287 e. The normalized spacial score (nSPS) is 15.8. The van der Waals surface area contributed by atoms with Gasteiger partial charge >= 0.3 is 12.3 Å². The highest BCUT2D eigenvalue weighted by Crippen LogP contribution is 2.31. The van der Waals surface area contributed by atoms with Crippen molar-refractivity contribution >= 4 is 16.9 Å². The number of hydrogen-bond donors (Lipinski definition) is 0. The average Bonchev–Trinajstić information content (AvgIpc) is 2.27. The lowest BCUT2D eigenvalue weighted by Crippen LogP contribution is -2.34. The lowest BCUT2D eigenvalue weighted by molar-refractivity contribution is -0.146. The molecule has 0 fully saturated rings. The second-order valence-electron chi connectivity index (χ2n) is 3.66. The molecule has 0 saturated heterocycles. The van der Waals surface area contributed by atoms with E-state index in [1.165, 1.54) is 0 Å². The predicted octanol–water partition coefficient (Wildman–Crippen LogP) is 4.01. The van der Waals surface area contributed by atoms with Crippen molar-refractivity contribution in [2.45, 2.75) is 50.9 Å². The predicted molar refractivity (Wildman–Crippen MR) is 57.7 cm³/mol.